The van der Waals surface area contributed by atoms with E-state index in [1.807, 2.05) is 0 Å². The van der Waals surface area contributed by atoms with Gasteiger partial charge in [0.25, 0.3) is 5.91 Å². The molecule has 1 amide bonds. The van der Waals surface area contributed by atoms with Crippen LogP contribution < -0.4 is 11.1 Å². The molecule has 148 valence electrons. The summed E-state index contributed by atoms with van der Waals surface area (Å²) in [6.45, 7) is 0.351. The Morgan fingerprint density at radius 1 is 1.33 bits per heavy atom. The number of phenolic OH excluding ortho intramolecular Hbond substituents is 1. The van der Waals surface area contributed by atoms with E-state index in [2.05, 4.69) is 10.3 Å². The lowest BCUT2D eigenvalue weighted by Gasteiger charge is -2.15. The van der Waals surface area contributed by atoms with Crippen LogP contribution in [0.1, 0.15) is 18.4 Å². The molecule has 27 heavy (non-hydrogen) atoms. The maximum absolute atomic E-state index is 12.3. The number of nitrogens with zero attached hydrogens (tertiary/aromatic N) is 2. The average Bonchev–Trinajstić information content (AvgIpc) is 2.62. The normalized spacial score (nSPS) is 13.0. The summed E-state index contributed by atoms with van der Waals surface area (Å²) >= 11 is 0. The molecule has 1 atom stereocenters. The van der Waals surface area contributed by atoms with E-state index in [1.54, 1.807) is 31.1 Å². The minimum absolute atomic E-state index is 0.0400. The van der Waals surface area contributed by atoms with Crippen LogP contribution in [-0.2, 0) is 14.3 Å². The van der Waals surface area contributed by atoms with Crippen molar-refractivity contribution in [3.8, 4) is 5.75 Å². The number of benzene rings is 1. The lowest BCUT2D eigenvalue weighted by atomic mass is 10.1. The number of aromatic hydroxyl groups is 1. The van der Waals surface area contributed by atoms with Crippen LogP contribution in [0.3, 0.4) is 0 Å². The van der Waals surface area contributed by atoms with Crippen molar-refractivity contribution < 1.29 is 24.5 Å². The molecule has 1 unspecified atom stereocenters. The maximum atomic E-state index is 12.3. The molecule has 1 rings (SSSR count). The molecule has 0 saturated heterocycles. The van der Waals surface area contributed by atoms with Crippen molar-refractivity contribution >= 4 is 23.9 Å². The molecule has 0 bridgehead atoms. The average molecular weight is 378 g/mol. The molecule has 5 N–H and O–H groups in total. The SMILES string of the molecule is CO/C(=C/c1ccc(O)cc1)C(=O)NC(CCCN=C(N)N(C)C)C(=O)O. The lowest BCUT2D eigenvalue weighted by molar-refractivity contribution is -0.141. The Bertz CT molecular complexity index is 698. The molecule has 1 aromatic carbocycles. The van der Waals surface area contributed by atoms with Gasteiger partial charge in [0.2, 0.25) is 0 Å². The van der Waals surface area contributed by atoms with Gasteiger partial charge in [-0.2, -0.15) is 0 Å². The lowest BCUT2D eigenvalue weighted by Crippen LogP contribution is -2.41. The second kappa shape index (κ2) is 10.7. The minimum Gasteiger partial charge on any atom is -0.508 e. The first-order valence-electron chi connectivity index (χ1n) is 8.30. The molecule has 0 aromatic heterocycles. The van der Waals surface area contributed by atoms with Crippen molar-refractivity contribution in [3.05, 3.63) is 35.6 Å². The first kappa shape index (κ1) is 21.8. The smallest absolute Gasteiger partial charge is 0.326 e. The molecule has 0 spiro atoms. The number of aliphatic carboxylic acids is 1. The van der Waals surface area contributed by atoms with Crippen LogP contribution in [0.2, 0.25) is 0 Å². The number of carboxylic acid groups (broad SMARTS) is 1. The predicted octanol–water partition coefficient (Wildman–Crippen LogP) is 0.605. The van der Waals surface area contributed by atoms with Crippen LogP contribution in [0.4, 0.5) is 0 Å². The second-order valence-corrected chi connectivity index (χ2v) is 5.95. The number of hydrogen-bond donors (Lipinski definition) is 4. The van der Waals surface area contributed by atoms with Crippen molar-refractivity contribution in [2.45, 2.75) is 18.9 Å². The van der Waals surface area contributed by atoms with E-state index in [-0.39, 0.29) is 17.9 Å². The van der Waals surface area contributed by atoms with E-state index in [0.717, 1.165) is 0 Å². The fourth-order valence-electron chi connectivity index (χ4n) is 2.06. The van der Waals surface area contributed by atoms with E-state index in [0.29, 0.717) is 24.5 Å². The van der Waals surface area contributed by atoms with Gasteiger partial charge >= 0.3 is 5.97 Å². The third kappa shape index (κ3) is 7.68. The van der Waals surface area contributed by atoms with E-state index < -0.39 is 17.9 Å². The second-order valence-electron chi connectivity index (χ2n) is 5.95. The Kier molecular flexibility index (Phi) is 8.64. The summed E-state index contributed by atoms with van der Waals surface area (Å²) in [5.74, 6) is -1.38. The minimum atomic E-state index is -1.15. The summed E-state index contributed by atoms with van der Waals surface area (Å²) in [7, 11) is 4.83. The van der Waals surface area contributed by atoms with Crippen LogP contribution in [0.5, 0.6) is 5.75 Å². The van der Waals surface area contributed by atoms with Crippen LogP contribution in [0.25, 0.3) is 6.08 Å². The molecule has 0 heterocycles. The van der Waals surface area contributed by atoms with Gasteiger partial charge < -0.3 is 30.9 Å². The Morgan fingerprint density at radius 2 is 1.96 bits per heavy atom. The van der Waals surface area contributed by atoms with Crippen LogP contribution >= 0.6 is 0 Å². The summed E-state index contributed by atoms with van der Waals surface area (Å²) in [6, 6.07) is 5.06. The van der Waals surface area contributed by atoms with Crippen LogP contribution in [0.15, 0.2) is 35.0 Å². The summed E-state index contributed by atoms with van der Waals surface area (Å²) < 4.78 is 5.06. The van der Waals surface area contributed by atoms with E-state index in [9.17, 15) is 19.8 Å². The van der Waals surface area contributed by atoms with Gasteiger partial charge in [-0.05, 0) is 36.6 Å². The quantitative estimate of drug-likeness (QED) is 0.162. The summed E-state index contributed by atoms with van der Waals surface area (Å²) in [6.07, 6.45) is 2.09. The molecule has 0 aliphatic carbocycles. The summed E-state index contributed by atoms with van der Waals surface area (Å²) in [5, 5.41) is 21.0. The molecule has 0 aliphatic heterocycles. The van der Waals surface area contributed by atoms with Gasteiger partial charge in [-0.25, -0.2) is 4.79 Å². The van der Waals surface area contributed by atoms with Gasteiger partial charge in [-0.15, -0.1) is 0 Å². The number of ether oxygens (including phenoxy) is 1. The zero-order valence-corrected chi connectivity index (χ0v) is 15.7. The largest absolute Gasteiger partial charge is 0.508 e. The Balaban J connectivity index is 2.71. The number of methoxy groups -OCH3 is 1. The Labute approximate surface area is 158 Å². The standard InChI is InChI=1S/C18H26N4O5/c1-22(2)18(19)20-10-4-5-14(17(25)26)21-16(24)15(27-3)11-12-6-8-13(23)9-7-12/h6-9,11,14,23H,4-5,10H2,1-3H3,(H2,19,20)(H,21,24)(H,25,26)/b15-11+. The zero-order valence-electron chi connectivity index (χ0n) is 15.7. The Hall–Kier alpha value is -3.23. The highest BCUT2D eigenvalue weighted by Crippen LogP contribution is 2.13. The van der Waals surface area contributed by atoms with Crippen molar-refractivity contribution in [3.63, 3.8) is 0 Å². The van der Waals surface area contributed by atoms with Crippen molar-refractivity contribution in [2.75, 3.05) is 27.7 Å². The van der Waals surface area contributed by atoms with E-state index in [1.165, 1.54) is 25.3 Å². The molecule has 0 saturated carbocycles. The molecule has 9 heteroatoms. The maximum Gasteiger partial charge on any atom is 0.326 e. The highest BCUT2D eigenvalue weighted by atomic mass is 16.5. The first-order chi connectivity index (χ1) is 12.7. The molecule has 0 radical (unpaired) electrons. The van der Waals surface area contributed by atoms with Gasteiger partial charge in [-0.3, -0.25) is 9.79 Å². The zero-order chi connectivity index (χ0) is 20.4. The molecule has 1 aromatic rings. The van der Waals surface area contributed by atoms with E-state index in [4.69, 9.17) is 10.5 Å². The highest BCUT2D eigenvalue weighted by Gasteiger charge is 2.22. The summed E-state index contributed by atoms with van der Waals surface area (Å²) in [5.41, 5.74) is 6.29. The number of nitrogens with one attached hydrogen (secondary N) is 1. The van der Waals surface area contributed by atoms with Gasteiger partial charge in [0, 0.05) is 20.6 Å². The fourth-order valence-corrected chi connectivity index (χ4v) is 2.06. The number of amides is 1. The third-order valence-corrected chi connectivity index (χ3v) is 3.62. The van der Waals surface area contributed by atoms with Crippen molar-refractivity contribution in [1.82, 2.24) is 10.2 Å². The molecular weight excluding hydrogens is 352 g/mol. The monoisotopic (exact) mass is 378 g/mol. The van der Waals surface area contributed by atoms with Gasteiger partial charge in [0.1, 0.15) is 11.8 Å². The number of nitrogens with two attached hydrogens (primary N) is 1. The number of aliphatic imine (C=N–C) groups is 1. The number of phenols is 1. The molecule has 0 aliphatic rings. The number of hydrogen-bond acceptors (Lipinski definition) is 5. The van der Waals surface area contributed by atoms with Gasteiger partial charge in [-0.1, -0.05) is 12.1 Å². The van der Waals surface area contributed by atoms with Gasteiger partial charge in [0.05, 0.1) is 7.11 Å². The van der Waals surface area contributed by atoms with Gasteiger partial charge in [0.15, 0.2) is 11.7 Å². The third-order valence-electron chi connectivity index (χ3n) is 3.62. The van der Waals surface area contributed by atoms with Crippen LogP contribution in [-0.4, -0.2) is 66.7 Å². The number of guanidine groups is 1. The molecular formula is C18H26N4O5. The number of carbonyl (C=O) groups is 2. The Morgan fingerprint density at radius 3 is 2.48 bits per heavy atom. The fraction of sp³-hybridized carbons (Fsp3) is 0.389. The topological polar surface area (TPSA) is 137 Å². The van der Waals surface area contributed by atoms with Crippen molar-refractivity contribution in [2.24, 2.45) is 10.7 Å². The molecule has 9 nitrogen and oxygen atoms in total. The number of carbonyl (C=O) groups excluding carboxylic acids is 1. The molecule has 0 fully saturated rings. The number of carboxylic acids is 1. The number of rotatable bonds is 9. The van der Waals surface area contributed by atoms with Crippen LogP contribution in [0, 0.1) is 0 Å². The van der Waals surface area contributed by atoms with E-state index >= 15 is 0 Å². The first-order valence-corrected chi connectivity index (χ1v) is 8.30. The highest BCUT2D eigenvalue weighted by molar-refractivity contribution is 5.97. The summed E-state index contributed by atoms with van der Waals surface area (Å²) in [4.78, 5) is 29.5. The predicted molar refractivity (Wildman–Crippen MR) is 102 cm³/mol. The van der Waals surface area contributed by atoms with Crippen molar-refractivity contribution in [1.29, 1.82) is 0 Å².